The molecule has 0 unspecified atom stereocenters. The van der Waals surface area contributed by atoms with Crippen LogP contribution in [0.25, 0.3) is 6.08 Å². The summed E-state index contributed by atoms with van der Waals surface area (Å²) in [6, 6.07) is 4.55. The van der Waals surface area contributed by atoms with E-state index in [2.05, 4.69) is 56.2 Å². The predicted octanol–water partition coefficient (Wildman–Crippen LogP) is 4.89. The van der Waals surface area contributed by atoms with Gasteiger partial charge in [0.2, 0.25) is 12.5 Å². The van der Waals surface area contributed by atoms with Crippen molar-refractivity contribution in [2.75, 3.05) is 27.5 Å². The number of benzene rings is 1. The lowest BCUT2D eigenvalue weighted by molar-refractivity contribution is -0.0834. The molecule has 1 aromatic carbocycles. The number of nitrogens with zero attached hydrogens (tertiary/aromatic N) is 1. The maximum atomic E-state index is 10.9. The fourth-order valence-electron chi connectivity index (χ4n) is 8.44. The fourth-order valence-corrected chi connectivity index (χ4v) is 8.44. The second kappa shape index (κ2) is 7.51. The molecule has 3 saturated carbocycles. The zero-order chi connectivity index (χ0) is 23.0. The van der Waals surface area contributed by atoms with Gasteiger partial charge in [0.1, 0.15) is 0 Å². The van der Waals surface area contributed by atoms with Gasteiger partial charge < -0.3 is 19.3 Å². The van der Waals surface area contributed by atoms with Crippen molar-refractivity contribution in [1.82, 2.24) is 4.90 Å². The molecule has 33 heavy (non-hydrogen) atoms. The summed E-state index contributed by atoms with van der Waals surface area (Å²) in [6.45, 7) is 6.07. The minimum absolute atomic E-state index is 0.0712. The molecule has 178 valence electrons. The van der Waals surface area contributed by atoms with Crippen molar-refractivity contribution in [3.63, 3.8) is 0 Å². The van der Waals surface area contributed by atoms with Crippen molar-refractivity contribution < 1.29 is 19.3 Å². The van der Waals surface area contributed by atoms with Gasteiger partial charge in [-0.1, -0.05) is 37.6 Å². The second-order valence-electron chi connectivity index (χ2n) is 11.5. The Balaban J connectivity index is 1.45. The average molecular weight is 452 g/mol. The van der Waals surface area contributed by atoms with Crippen LogP contribution in [0.15, 0.2) is 29.9 Å². The topological polar surface area (TPSA) is 51.2 Å². The highest BCUT2D eigenvalue weighted by Gasteiger charge is 2.60. The van der Waals surface area contributed by atoms with E-state index in [9.17, 15) is 5.11 Å². The maximum absolute atomic E-state index is 10.9. The van der Waals surface area contributed by atoms with Crippen molar-refractivity contribution in [2.24, 2.45) is 28.6 Å². The third kappa shape index (κ3) is 3.04. The third-order valence-electron chi connectivity index (χ3n) is 9.94. The van der Waals surface area contributed by atoms with E-state index in [0.717, 1.165) is 49.3 Å². The largest absolute Gasteiger partial charge is 0.493 e. The standard InChI is InChI=1S/C28H37NO4/c1-27-10-8-21-19(20(27)6-7-24(27)30)15-18(26-28(21,2)9-5-11-29(26)3)12-17-13-22(31-4)25-23(14-17)32-16-33-25/h5,9,12-14,19-21,24,26,30H,6-8,10-11,15-16H2,1-4H3/t19-,20-,21-,24-,26+,27-,28+/m0/s1. The molecule has 3 fully saturated rings. The van der Waals surface area contributed by atoms with Gasteiger partial charge in [0.25, 0.3) is 0 Å². The summed E-state index contributed by atoms with van der Waals surface area (Å²) < 4.78 is 16.9. The summed E-state index contributed by atoms with van der Waals surface area (Å²) in [7, 11) is 3.96. The van der Waals surface area contributed by atoms with Crippen LogP contribution in [0.2, 0.25) is 0 Å². The minimum Gasteiger partial charge on any atom is -0.493 e. The molecule has 5 nitrogen and oxygen atoms in total. The highest BCUT2D eigenvalue weighted by molar-refractivity contribution is 5.65. The van der Waals surface area contributed by atoms with Gasteiger partial charge in [-0.25, -0.2) is 0 Å². The molecule has 7 atom stereocenters. The van der Waals surface area contributed by atoms with Crippen molar-refractivity contribution in [2.45, 2.75) is 58.1 Å². The molecule has 0 amide bonds. The van der Waals surface area contributed by atoms with Crippen LogP contribution in [0.5, 0.6) is 17.2 Å². The van der Waals surface area contributed by atoms with E-state index in [1.807, 2.05) is 0 Å². The Kier molecular flexibility index (Phi) is 4.90. The summed E-state index contributed by atoms with van der Waals surface area (Å²) in [5.41, 5.74) is 2.79. The first-order valence-corrected chi connectivity index (χ1v) is 12.6. The maximum Gasteiger partial charge on any atom is 0.231 e. The zero-order valence-corrected chi connectivity index (χ0v) is 20.3. The van der Waals surface area contributed by atoms with E-state index in [-0.39, 0.29) is 23.7 Å². The molecular weight excluding hydrogens is 414 g/mol. The van der Waals surface area contributed by atoms with Crippen molar-refractivity contribution in [1.29, 1.82) is 0 Å². The molecule has 1 aromatic rings. The Morgan fingerprint density at radius 3 is 2.82 bits per heavy atom. The van der Waals surface area contributed by atoms with E-state index in [1.165, 1.54) is 12.0 Å². The smallest absolute Gasteiger partial charge is 0.231 e. The first-order valence-electron chi connectivity index (χ1n) is 12.6. The van der Waals surface area contributed by atoms with E-state index in [1.54, 1.807) is 7.11 Å². The van der Waals surface area contributed by atoms with E-state index in [4.69, 9.17) is 14.2 Å². The lowest BCUT2D eigenvalue weighted by Crippen LogP contribution is -2.59. The van der Waals surface area contributed by atoms with Gasteiger partial charge in [0.05, 0.1) is 13.2 Å². The number of hydrogen-bond acceptors (Lipinski definition) is 5. The molecule has 0 saturated heterocycles. The summed E-state index contributed by atoms with van der Waals surface area (Å²) in [6.07, 6.45) is 12.7. The van der Waals surface area contributed by atoms with Gasteiger partial charge >= 0.3 is 0 Å². The monoisotopic (exact) mass is 451 g/mol. The van der Waals surface area contributed by atoms with Gasteiger partial charge in [-0.05, 0) is 80.0 Å². The average Bonchev–Trinajstić information content (AvgIpc) is 3.37. The Bertz CT molecular complexity index is 1020. The van der Waals surface area contributed by atoms with E-state index in [0.29, 0.717) is 29.5 Å². The lowest BCUT2D eigenvalue weighted by Gasteiger charge is -2.61. The number of likely N-dealkylation sites (N-methyl/N-ethyl adjacent to an activating group) is 1. The van der Waals surface area contributed by atoms with Gasteiger partial charge in [-0.2, -0.15) is 0 Å². The summed E-state index contributed by atoms with van der Waals surface area (Å²) >= 11 is 0. The first-order chi connectivity index (χ1) is 15.8. The van der Waals surface area contributed by atoms with Crippen LogP contribution in [0.4, 0.5) is 0 Å². The van der Waals surface area contributed by atoms with Gasteiger partial charge in [0, 0.05) is 18.0 Å². The quantitative estimate of drug-likeness (QED) is 0.649. The highest BCUT2D eigenvalue weighted by Crippen LogP contribution is 2.65. The molecule has 0 radical (unpaired) electrons. The summed E-state index contributed by atoms with van der Waals surface area (Å²) in [5.74, 6) is 4.06. The molecule has 6 rings (SSSR count). The number of ether oxygens (including phenoxy) is 3. The molecule has 2 aliphatic heterocycles. The van der Waals surface area contributed by atoms with Crippen LogP contribution < -0.4 is 14.2 Å². The van der Waals surface area contributed by atoms with Crippen molar-refractivity contribution >= 4 is 6.08 Å². The molecule has 5 heteroatoms. The Hall–Kier alpha value is -1.98. The Morgan fingerprint density at radius 2 is 2.00 bits per heavy atom. The lowest BCUT2D eigenvalue weighted by atomic mass is 9.47. The van der Waals surface area contributed by atoms with Crippen LogP contribution >= 0.6 is 0 Å². The number of rotatable bonds is 2. The van der Waals surface area contributed by atoms with Gasteiger partial charge in [-0.15, -0.1) is 0 Å². The van der Waals surface area contributed by atoms with Crippen LogP contribution in [-0.2, 0) is 0 Å². The number of methoxy groups -OCH3 is 1. The Morgan fingerprint density at radius 1 is 1.15 bits per heavy atom. The van der Waals surface area contributed by atoms with Gasteiger partial charge in [-0.3, -0.25) is 4.90 Å². The molecule has 0 aromatic heterocycles. The molecule has 2 heterocycles. The van der Waals surface area contributed by atoms with Gasteiger partial charge in [0.15, 0.2) is 11.5 Å². The number of aliphatic hydroxyl groups excluding tert-OH is 1. The van der Waals surface area contributed by atoms with E-state index < -0.39 is 0 Å². The number of hydrogen-bond donors (Lipinski definition) is 1. The molecular formula is C28H37NO4. The molecule has 1 N–H and O–H groups in total. The van der Waals surface area contributed by atoms with Crippen molar-refractivity contribution in [3.8, 4) is 17.2 Å². The van der Waals surface area contributed by atoms with Crippen LogP contribution in [0.1, 0.15) is 51.5 Å². The van der Waals surface area contributed by atoms with Crippen LogP contribution in [0, 0.1) is 28.6 Å². The molecule has 0 bridgehead atoms. The number of aliphatic hydroxyl groups is 1. The number of fused-ring (bicyclic) bond motifs is 6. The van der Waals surface area contributed by atoms with Crippen LogP contribution in [-0.4, -0.2) is 49.6 Å². The van der Waals surface area contributed by atoms with Crippen molar-refractivity contribution in [3.05, 3.63) is 35.4 Å². The molecule has 5 aliphatic rings. The van der Waals surface area contributed by atoms with Crippen LogP contribution in [0.3, 0.4) is 0 Å². The molecule has 3 aliphatic carbocycles. The SMILES string of the molecule is COc1cc(C=C2C[C@@H]3[C@H](CC[C@]4(C)[C@@H](O)CC[C@@H]34)[C@@]3(C)C=CCN(C)[C@H]23)cc2c1OCO2. The zero-order valence-electron chi connectivity index (χ0n) is 20.3. The Labute approximate surface area is 197 Å². The fraction of sp³-hybridized carbons (Fsp3) is 0.643. The minimum atomic E-state index is -0.149. The normalized spacial score (nSPS) is 42.7. The van der Waals surface area contributed by atoms with E-state index >= 15 is 0 Å². The first kappa shape index (κ1) is 21.5. The highest BCUT2D eigenvalue weighted by atomic mass is 16.7. The third-order valence-corrected chi connectivity index (χ3v) is 9.94. The second-order valence-corrected chi connectivity index (χ2v) is 11.5. The molecule has 0 spiro atoms. The predicted molar refractivity (Wildman–Crippen MR) is 128 cm³/mol. The summed E-state index contributed by atoms with van der Waals surface area (Å²) in [4.78, 5) is 2.53. The summed E-state index contributed by atoms with van der Waals surface area (Å²) in [5, 5.41) is 10.9.